The number of carbonyl (C=O) groups is 2. The lowest BCUT2D eigenvalue weighted by atomic mass is 10.2. The normalized spacial score (nSPS) is 11.0. The van der Waals surface area contributed by atoms with Gasteiger partial charge in [0.2, 0.25) is 15.9 Å². The average Bonchev–Trinajstić information content (AvgIpc) is 2.61. The maximum atomic E-state index is 14.0. The molecule has 0 saturated heterocycles. The van der Waals surface area contributed by atoms with E-state index >= 15 is 0 Å². The Balaban J connectivity index is 2.23. The first-order valence-electron chi connectivity index (χ1n) is 8.12. The van der Waals surface area contributed by atoms with Crippen molar-refractivity contribution in [3.8, 4) is 0 Å². The molecule has 0 atom stereocenters. The van der Waals surface area contributed by atoms with Gasteiger partial charge in [-0.25, -0.2) is 17.6 Å². The van der Waals surface area contributed by atoms with Crippen molar-refractivity contribution in [3.05, 3.63) is 58.9 Å². The highest BCUT2D eigenvalue weighted by Gasteiger charge is 2.23. The summed E-state index contributed by atoms with van der Waals surface area (Å²) in [5, 5.41) is 2.60. The molecular formula is C18H18ClFN2O5S. The van der Waals surface area contributed by atoms with E-state index in [0.29, 0.717) is 4.31 Å². The minimum absolute atomic E-state index is 0.0513. The van der Waals surface area contributed by atoms with Crippen LogP contribution in [0.15, 0.2) is 42.5 Å². The standard InChI is InChI=1S/C18H18ClFN2O5S/c1-3-27-18(24)13-10-12(8-9-14(13)19)21-17(23)11-22(28(2,25)26)16-7-5-4-6-15(16)20/h4-10H,3,11H2,1-2H3,(H,21,23). The number of esters is 1. The number of nitrogens with zero attached hydrogens (tertiary/aromatic N) is 1. The molecule has 0 heterocycles. The SMILES string of the molecule is CCOC(=O)c1cc(NC(=O)CN(c2ccccc2F)S(C)(=O)=O)ccc1Cl. The fourth-order valence-electron chi connectivity index (χ4n) is 2.33. The third kappa shape index (κ3) is 5.43. The van der Waals surface area contributed by atoms with Crippen LogP contribution in [0.1, 0.15) is 17.3 Å². The molecule has 0 aromatic heterocycles. The summed E-state index contributed by atoms with van der Waals surface area (Å²) in [7, 11) is -3.93. The quantitative estimate of drug-likeness (QED) is 0.684. The summed E-state index contributed by atoms with van der Waals surface area (Å²) in [6, 6.07) is 9.36. The van der Waals surface area contributed by atoms with Crippen LogP contribution in [-0.2, 0) is 19.6 Å². The zero-order valence-corrected chi connectivity index (χ0v) is 16.7. The first-order valence-corrected chi connectivity index (χ1v) is 10.3. The van der Waals surface area contributed by atoms with Crippen LogP contribution in [0.25, 0.3) is 0 Å². The second-order valence-corrected chi connectivity index (χ2v) is 8.00. The van der Waals surface area contributed by atoms with Gasteiger partial charge in [-0.1, -0.05) is 23.7 Å². The molecular weight excluding hydrogens is 411 g/mol. The van der Waals surface area contributed by atoms with E-state index in [2.05, 4.69) is 5.32 Å². The number of benzene rings is 2. The Hall–Kier alpha value is -2.65. The number of sulfonamides is 1. The number of hydrogen-bond donors (Lipinski definition) is 1. The molecule has 0 radical (unpaired) electrons. The molecule has 2 aromatic rings. The van der Waals surface area contributed by atoms with Gasteiger partial charge >= 0.3 is 5.97 Å². The first kappa shape index (κ1) is 21.6. The van der Waals surface area contributed by atoms with E-state index < -0.39 is 34.3 Å². The summed E-state index contributed by atoms with van der Waals surface area (Å²) in [5.41, 5.74) is 0.0123. The van der Waals surface area contributed by atoms with Gasteiger partial charge in [0.1, 0.15) is 12.4 Å². The number of amides is 1. The van der Waals surface area contributed by atoms with Crippen LogP contribution < -0.4 is 9.62 Å². The smallest absolute Gasteiger partial charge is 0.339 e. The molecule has 0 aliphatic carbocycles. The predicted octanol–water partition coefficient (Wildman–Crippen LogP) is 3.06. The molecule has 2 aromatic carbocycles. The predicted molar refractivity (Wildman–Crippen MR) is 105 cm³/mol. The Bertz CT molecular complexity index is 997. The van der Waals surface area contributed by atoms with Gasteiger partial charge in [-0.3, -0.25) is 9.10 Å². The van der Waals surface area contributed by atoms with Crippen molar-refractivity contribution in [2.75, 3.05) is 29.0 Å². The minimum atomic E-state index is -3.93. The molecule has 0 saturated carbocycles. The van der Waals surface area contributed by atoms with Gasteiger partial charge in [-0.15, -0.1) is 0 Å². The maximum Gasteiger partial charge on any atom is 0.339 e. The first-order chi connectivity index (χ1) is 13.1. The highest BCUT2D eigenvalue weighted by atomic mass is 35.5. The molecule has 10 heteroatoms. The molecule has 1 amide bonds. The molecule has 0 spiro atoms. The molecule has 0 unspecified atom stereocenters. The van der Waals surface area contributed by atoms with Crippen LogP contribution in [0.5, 0.6) is 0 Å². The van der Waals surface area contributed by atoms with Crippen LogP contribution in [-0.4, -0.2) is 39.7 Å². The lowest BCUT2D eigenvalue weighted by Gasteiger charge is -2.22. The molecule has 28 heavy (non-hydrogen) atoms. The topological polar surface area (TPSA) is 92.8 Å². The molecule has 2 rings (SSSR count). The summed E-state index contributed by atoms with van der Waals surface area (Å²) in [4.78, 5) is 24.2. The highest BCUT2D eigenvalue weighted by Crippen LogP contribution is 2.23. The van der Waals surface area contributed by atoms with E-state index in [1.807, 2.05) is 0 Å². The van der Waals surface area contributed by atoms with Crippen molar-refractivity contribution >= 4 is 44.9 Å². The van der Waals surface area contributed by atoms with E-state index in [1.54, 1.807) is 6.92 Å². The second kappa shape index (κ2) is 9.03. The van der Waals surface area contributed by atoms with Crippen molar-refractivity contribution in [3.63, 3.8) is 0 Å². The Morgan fingerprint density at radius 2 is 1.89 bits per heavy atom. The van der Waals surface area contributed by atoms with Gasteiger partial charge in [0.25, 0.3) is 0 Å². The number of para-hydroxylation sites is 1. The number of nitrogens with one attached hydrogen (secondary N) is 1. The molecule has 0 fully saturated rings. The molecule has 0 bridgehead atoms. The Morgan fingerprint density at radius 1 is 1.21 bits per heavy atom. The highest BCUT2D eigenvalue weighted by molar-refractivity contribution is 7.92. The van der Waals surface area contributed by atoms with Gasteiger partial charge in [0.05, 0.1) is 29.1 Å². The fourth-order valence-corrected chi connectivity index (χ4v) is 3.39. The van der Waals surface area contributed by atoms with Crippen LogP contribution in [0.3, 0.4) is 0 Å². The van der Waals surface area contributed by atoms with Gasteiger partial charge in [0, 0.05) is 5.69 Å². The van der Waals surface area contributed by atoms with Crippen LogP contribution in [0, 0.1) is 5.82 Å². The maximum absolute atomic E-state index is 14.0. The average molecular weight is 429 g/mol. The van der Waals surface area contributed by atoms with Crippen LogP contribution in [0.4, 0.5) is 15.8 Å². The molecule has 1 N–H and O–H groups in total. The lowest BCUT2D eigenvalue weighted by molar-refractivity contribution is -0.114. The van der Waals surface area contributed by atoms with Gasteiger partial charge in [-0.2, -0.15) is 0 Å². The second-order valence-electron chi connectivity index (χ2n) is 5.68. The number of ether oxygens (including phenoxy) is 1. The summed E-state index contributed by atoms with van der Waals surface area (Å²) >= 11 is 5.96. The summed E-state index contributed by atoms with van der Waals surface area (Å²) in [5.74, 6) is -2.17. The number of hydrogen-bond acceptors (Lipinski definition) is 5. The molecule has 7 nitrogen and oxygen atoms in total. The van der Waals surface area contributed by atoms with Gasteiger partial charge < -0.3 is 10.1 Å². The largest absolute Gasteiger partial charge is 0.462 e. The fraction of sp³-hybridized carbons (Fsp3) is 0.222. The number of rotatable bonds is 7. The zero-order valence-electron chi connectivity index (χ0n) is 15.1. The van der Waals surface area contributed by atoms with Crippen molar-refractivity contribution in [1.29, 1.82) is 0 Å². The molecule has 0 aliphatic rings. The summed E-state index contributed by atoms with van der Waals surface area (Å²) in [6.07, 6.45) is 0.869. The van der Waals surface area contributed by atoms with E-state index in [9.17, 15) is 22.4 Å². The van der Waals surface area contributed by atoms with Crippen molar-refractivity contribution in [2.45, 2.75) is 6.92 Å². The third-order valence-electron chi connectivity index (χ3n) is 3.55. The number of carbonyl (C=O) groups excluding carboxylic acids is 2. The van der Waals surface area contributed by atoms with Crippen LogP contribution >= 0.6 is 11.6 Å². The molecule has 0 aliphatic heterocycles. The minimum Gasteiger partial charge on any atom is -0.462 e. The summed E-state index contributed by atoms with van der Waals surface area (Å²) < 4.78 is 43.6. The van der Waals surface area contributed by atoms with Gasteiger partial charge in [0.15, 0.2) is 0 Å². The molecule has 150 valence electrons. The number of anilines is 2. The summed E-state index contributed by atoms with van der Waals surface area (Å²) in [6.45, 7) is 1.13. The Labute approximate surface area is 167 Å². The zero-order chi connectivity index (χ0) is 20.9. The van der Waals surface area contributed by atoms with E-state index in [0.717, 1.165) is 12.3 Å². The van der Waals surface area contributed by atoms with Crippen molar-refractivity contribution < 1.29 is 27.1 Å². The lowest BCUT2D eigenvalue weighted by Crippen LogP contribution is -2.38. The van der Waals surface area contributed by atoms with Gasteiger partial charge in [-0.05, 0) is 37.3 Å². The van der Waals surface area contributed by atoms with E-state index in [1.165, 1.54) is 36.4 Å². The Kier molecular flexibility index (Phi) is 6.98. The van der Waals surface area contributed by atoms with Crippen molar-refractivity contribution in [1.82, 2.24) is 0 Å². The van der Waals surface area contributed by atoms with Crippen molar-refractivity contribution in [2.24, 2.45) is 0 Å². The Morgan fingerprint density at radius 3 is 2.50 bits per heavy atom. The van der Waals surface area contributed by atoms with E-state index in [4.69, 9.17) is 16.3 Å². The third-order valence-corrected chi connectivity index (χ3v) is 5.01. The van der Waals surface area contributed by atoms with E-state index in [-0.39, 0.29) is 28.6 Å². The number of halogens is 2. The van der Waals surface area contributed by atoms with Crippen LogP contribution in [0.2, 0.25) is 5.02 Å². The monoisotopic (exact) mass is 428 g/mol.